The lowest BCUT2D eigenvalue weighted by Crippen LogP contribution is -2.39. The second-order valence-electron chi connectivity index (χ2n) is 6.05. The van der Waals surface area contributed by atoms with E-state index in [-0.39, 0.29) is 0 Å². The van der Waals surface area contributed by atoms with Gasteiger partial charge in [-0.25, -0.2) is 4.98 Å². The van der Waals surface area contributed by atoms with Crippen LogP contribution in [-0.2, 0) is 0 Å². The molecule has 0 spiro atoms. The Balaban J connectivity index is 1.58. The molecule has 23 heavy (non-hydrogen) atoms. The van der Waals surface area contributed by atoms with Gasteiger partial charge in [0.2, 0.25) is 0 Å². The summed E-state index contributed by atoms with van der Waals surface area (Å²) in [6, 6.07) is 8.75. The van der Waals surface area contributed by atoms with Crippen LogP contribution in [0.5, 0.6) is 5.75 Å². The zero-order valence-electron chi connectivity index (χ0n) is 14.0. The van der Waals surface area contributed by atoms with E-state index < -0.39 is 0 Å². The minimum absolute atomic E-state index is 0.458. The van der Waals surface area contributed by atoms with Crippen molar-refractivity contribution in [2.45, 2.75) is 32.7 Å². The molecule has 122 valence electrons. The first-order chi connectivity index (χ1) is 11.2. The second-order valence-corrected chi connectivity index (χ2v) is 6.05. The monoisotopic (exact) mass is 312 g/mol. The molecule has 3 rings (SSSR count). The van der Waals surface area contributed by atoms with Gasteiger partial charge in [-0.3, -0.25) is 4.98 Å². The van der Waals surface area contributed by atoms with E-state index in [0.29, 0.717) is 6.04 Å². The van der Waals surface area contributed by atoms with E-state index in [0.717, 1.165) is 48.9 Å². The zero-order chi connectivity index (χ0) is 16.2. The molecule has 1 aromatic carbocycles. The van der Waals surface area contributed by atoms with Gasteiger partial charge in [0.05, 0.1) is 18.5 Å². The molecule has 1 aliphatic heterocycles. The van der Waals surface area contributed by atoms with E-state index in [2.05, 4.69) is 32.3 Å². The van der Waals surface area contributed by atoms with E-state index in [1.54, 1.807) is 7.11 Å². The minimum atomic E-state index is 0.458. The summed E-state index contributed by atoms with van der Waals surface area (Å²) in [5.41, 5.74) is 3.18. The lowest BCUT2D eigenvalue weighted by Gasteiger charge is -2.34. The smallest absolute Gasteiger partial charge is 0.147 e. The minimum Gasteiger partial charge on any atom is -0.497 e. The third-order valence-corrected chi connectivity index (χ3v) is 4.35. The lowest BCUT2D eigenvalue weighted by atomic mass is 10.0. The Morgan fingerprint density at radius 2 is 1.83 bits per heavy atom. The highest BCUT2D eigenvalue weighted by atomic mass is 16.5. The number of rotatable bonds is 4. The number of aromatic nitrogens is 2. The third-order valence-electron chi connectivity index (χ3n) is 4.35. The Morgan fingerprint density at radius 1 is 1.13 bits per heavy atom. The Labute approximate surface area is 137 Å². The van der Waals surface area contributed by atoms with Crippen LogP contribution >= 0.6 is 0 Å². The molecule has 5 heteroatoms. The van der Waals surface area contributed by atoms with Crippen LogP contribution in [0.15, 0.2) is 30.5 Å². The first-order valence-corrected chi connectivity index (χ1v) is 8.11. The van der Waals surface area contributed by atoms with Crippen molar-refractivity contribution in [3.05, 3.63) is 41.9 Å². The quantitative estimate of drug-likeness (QED) is 0.939. The topological polar surface area (TPSA) is 50.3 Å². The van der Waals surface area contributed by atoms with Gasteiger partial charge in [0.1, 0.15) is 11.6 Å². The number of ether oxygens (including phenoxy) is 1. The van der Waals surface area contributed by atoms with E-state index >= 15 is 0 Å². The number of hydrogen-bond donors (Lipinski definition) is 1. The van der Waals surface area contributed by atoms with Crippen LogP contribution < -0.4 is 15.0 Å². The van der Waals surface area contributed by atoms with Crippen molar-refractivity contribution in [3.63, 3.8) is 0 Å². The van der Waals surface area contributed by atoms with Gasteiger partial charge < -0.3 is 15.0 Å². The molecular weight excluding hydrogens is 288 g/mol. The summed E-state index contributed by atoms with van der Waals surface area (Å²) < 4.78 is 5.22. The highest BCUT2D eigenvalue weighted by Gasteiger charge is 2.20. The summed E-state index contributed by atoms with van der Waals surface area (Å²) in [5.74, 6) is 1.83. The van der Waals surface area contributed by atoms with E-state index in [9.17, 15) is 0 Å². The molecule has 0 atom stereocenters. The third kappa shape index (κ3) is 3.73. The van der Waals surface area contributed by atoms with Gasteiger partial charge in [-0.1, -0.05) is 0 Å². The molecule has 2 heterocycles. The van der Waals surface area contributed by atoms with Crippen molar-refractivity contribution < 1.29 is 4.74 Å². The van der Waals surface area contributed by atoms with Crippen LogP contribution in [0.2, 0.25) is 0 Å². The van der Waals surface area contributed by atoms with Crippen molar-refractivity contribution in [2.75, 3.05) is 30.4 Å². The van der Waals surface area contributed by atoms with Gasteiger partial charge >= 0.3 is 0 Å². The first-order valence-electron chi connectivity index (χ1n) is 8.11. The van der Waals surface area contributed by atoms with Crippen LogP contribution in [0.1, 0.15) is 24.2 Å². The van der Waals surface area contributed by atoms with Gasteiger partial charge in [-0.15, -0.1) is 0 Å². The molecule has 0 unspecified atom stereocenters. The van der Waals surface area contributed by atoms with E-state index in [4.69, 9.17) is 4.74 Å². The van der Waals surface area contributed by atoms with Gasteiger partial charge in [0.15, 0.2) is 0 Å². The zero-order valence-corrected chi connectivity index (χ0v) is 14.0. The molecule has 5 nitrogen and oxygen atoms in total. The molecule has 0 radical (unpaired) electrons. The van der Waals surface area contributed by atoms with Gasteiger partial charge in [-0.2, -0.15) is 0 Å². The lowest BCUT2D eigenvalue weighted by molar-refractivity contribution is 0.414. The molecular formula is C18H24N4O. The summed E-state index contributed by atoms with van der Waals surface area (Å²) in [5, 5.41) is 3.56. The largest absolute Gasteiger partial charge is 0.497 e. The van der Waals surface area contributed by atoms with Crippen molar-refractivity contribution >= 4 is 11.5 Å². The molecule has 1 N–H and O–H groups in total. The number of nitrogens with one attached hydrogen (secondary N) is 1. The molecule has 0 saturated carbocycles. The van der Waals surface area contributed by atoms with Crippen LogP contribution in [0, 0.1) is 13.8 Å². The van der Waals surface area contributed by atoms with Gasteiger partial charge in [0, 0.05) is 31.0 Å². The van der Waals surface area contributed by atoms with Crippen molar-refractivity contribution in [1.82, 2.24) is 9.97 Å². The van der Waals surface area contributed by atoms with Crippen molar-refractivity contribution in [2.24, 2.45) is 0 Å². The standard InChI is InChI=1S/C18H24N4O/c1-13-12-19-14(2)18(20-13)21-15-8-10-22(11-9-15)16-4-6-17(23-3)7-5-16/h4-7,12,15H,8-11H2,1-3H3,(H,20,21). The highest BCUT2D eigenvalue weighted by molar-refractivity contribution is 5.50. The van der Waals surface area contributed by atoms with Crippen LogP contribution in [-0.4, -0.2) is 36.2 Å². The average molecular weight is 312 g/mol. The Hall–Kier alpha value is -2.30. The van der Waals surface area contributed by atoms with Gasteiger partial charge in [-0.05, 0) is 51.0 Å². The van der Waals surface area contributed by atoms with Crippen LogP contribution in [0.4, 0.5) is 11.5 Å². The Morgan fingerprint density at radius 3 is 2.48 bits per heavy atom. The van der Waals surface area contributed by atoms with Crippen molar-refractivity contribution in [1.29, 1.82) is 0 Å². The van der Waals surface area contributed by atoms with Crippen molar-refractivity contribution in [3.8, 4) is 5.75 Å². The summed E-state index contributed by atoms with van der Waals surface area (Å²) in [4.78, 5) is 11.4. The maximum Gasteiger partial charge on any atom is 0.147 e. The first kappa shape index (κ1) is 15.6. The van der Waals surface area contributed by atoms with E-state index in [1.165, 1.54) is 5.69 Å². The fraction of sp³-hybridized carbons (Fsp3) is 0.444. The molecule has 0 bridgehead atoms. The van der Waals surface area contributed by atoms with E-state index in [1.807, 2.05) is 32.2 Å². The molecule has 1 fully saturated rings. The summed E-state index contributed by atoms with van der Waals surface area (Å²) in [6.45, 7) is 6.07. The molecule has 2 aromatic rings. The normalized spacial score (nSPS) is 15.5. The summed E-state index contributed by atoms with van der Waals surface area (Å²) >= 11 is 0. The second kappa shape index (κ2) is 6.86. The van der Waals surface area contributed by atoms with Gasteiger partial charge in [0.25, 0.3) is 0 Å². The number of nitrogens with zero attached hydrogens (tertiary/aromatic N) is 3. The number of piperidine rings is 1. The number of aryl methyl sites for hydroxylation is 2. The number of hydrogen-bond acceptors (Lipinski definition) is 5. The molecule has 1 saturated heterocycles. The SMILES string of the molecule is COc1ccc(N2CCC(Nc3nc(C)cnc3C)CC2)cc1. The number of anilines is 2. The molecule has 0 amide bonds. The molecule has 1 aliphatic rings. The Bertz CT molecular complexity index is 649. The fourth-order valence-corrected chi connectivity index (χ4v) is 2.94. The average Bonchev–Trinajstić information content (AvgIpc) is 2.59. The summed E-state index contributed by atoms with van der Waals surface area (Å²) in [7, 11) is 1.70. The predicted molar refractivity (Wildman–Crippen MR) is 93.4 cm³/mol. The maximum atomic E-state index is 5.22. The predicted octanol–water partition coefficient (Wildman–Crippen LogP) is 3.18. The fourth-order valence-electron chi connectivity index (χ4n) is 2.94. The molecule has 0 aliphatic carbocycles. The number of benzene rings is 1. The highest BCUT2D eigenvalue weighted by Crippen LogP contribution is 2.24. The summed E-state index contributed by atoms with van der Waals surface area (Å²) in [6.07, 6.45) is 4.01. The van der Waals surface area contributed by atoms with Crippen LogP contribution in [0.25, 0.3) is 0 Å². The number of methoxy groups -OCH3 is 1. The van der Waals surface area contributed by atoms with Crippen LogP contribution in [0.3, 0.4) is 0 Å². The molecule has 1 aromatic heterocycles. The Kier molecular flexibility index (Phi) is 4.65. The maximum absolute atomic E-state index is 5.22.